The minimum atomic E-state index is -0.560. The molecule has 0 aromatic heterocycles. The number of ether oxygens (including phenoxy) is 1. The van der Waals surface area contributed by atoms with Gasteiger partial charge in [-0.15, -0.1) is 0 Å². The predicted molar refractivity (Wildman–Crippen MR) is 110 cm³/mol. The van der Waals surface area contributed by atoms with Gasteiger partial charge in [0.1, 0.15) is 6.04 Å². The van der Waals surface area contributed by atoms with Crippen LogP contribution in [0.3, 0.4) is 0 Å². The molecule has 6 nitrogen and oxygen atoms in total. The number of fused-ring (bicyclic) bond motifs is 1. The topological polar surface area (TPSA) is 75.7 Å². The summed E-state index contributed by atoms with van der Waals surface area (Å²) in [6.07, 6.45) is 4.67. The molecule has 0 bridgehead atoms. The molecule has 2 aliphatic rings. The molecule has 3 amide bonds. The van der Waals surface area contributed by atoms with Gasteiger partial charge in [-0.05, 0) is 56.1 Å². The average Bonchev–Trinajstić information content (AvgIpc) is 2.99. The van der Waals surface area contributed by atoms with Crippen LogP contribution in [0.4, 0.5) is 0 Å². The van der Waals surface area contributed by atoms with E-state index in [4.69, 9.17) is 4.74 Å². The van der Waals surface area contributed by atoms with Gasteiger partial charge >= 0.3 is 0 Å². The summed E-state index contributed by atoms with van der Waals surface area (Å²) >= 11 is 0. The van der Waals surface area contributed by atoms with Crippen LogP contribution in [0.25, 0.3) is 0 Å². The van der Waals surface area contributed by atoms with E-state index in [-0.39, 0.29) is 30.2 Å². The van der Waals surface area contributed by atoms with Gasteiger partial charge in [0.2, 0.25) is 11.8 Å². The van der Waals surface area contributed by atoms with Gasteiger partial charge < -0.3 is 9.64 Å². The molecule has 3 rings (SSSR count). The van der Waals surface area contributed by atoms with Crippen molar-refractivity contribution in [2.75, 3.05) is 6.61 Å². The van der Waals surface area contributed by atoms with Crippen LogP contribution in [-0.2, 0) is 27.3 Å². The summed E-state index contributed by atoms with van der Waals surface area (Å²) in [6, 6.07) is 5.39. The number of benzene rings is 1. The third-order valence-corrected chi connectivity index (χ3v) is 5.79. The number of rotatable bonds is 9. The summed E-state index contributed by atoms with van der Waals surface area (Å²) < 4.78 is 5.87. The summed E-state index contributed by atoms with van der Waals surface area (Å²) in [5.41, 5.74) is 2.75. The lowest BCUT2D eigenvalue weighted by Gasteiger charge is -2.29. The fourth-order valence-electron chi connectivity index (χ4n) is 4.07. The molecule has 0 radical (unpaired) electrons. The number of aryl methyl sites for hydroxylation is 1. The van der Waals surface area contributed by atoms with Crippen LogP contribution in [0.1, 0.15) is 74.4 Å². The van der Waals surface area contributed by atoms with Crippen molar-refractivity contribution < 1.29 is 19.1 Å². The number of amides is 3. The van der Waals surface area contributed by atoms with Gasteiger partial charge in [-0.25, -0.2) is 0 Å². The van der Waals surface area contributed by atoms with Crippen molar-refractivity contribution in [3.05, 3.63) is 34.9 Å². The zero-order chi connectivity index (χ0) is 21.0. The first-order chi connectivity index (χ1) is 13.9. The number of hydrogen-bond donors (Lipinski definition) is 1. The molecule has 0 spiro atoms. The zero-order valence-electron chi connectivity index (χ0n) is 17.7. The second-order valence-corrected chi connectivity index (χ2v) is 8.61. The van der Waals surface area contributed by atoms with Gasteiger partial charge in [-0.3, -0.25) is 19.7 Å². The number of carbonyl (C=O) groups excluding carboxylic acids is 3. The lowest BCUT2D eigenvalue weighted by atomic mass is 9.98. The Labute approximate surface area is 173 Å². The summed E-state index contributed by atoms with van der Waals surface area (Å²) in [5, 5.41) is 2.35. The van der Waals surface area contributed by atoms with E-state index >= 15 is 0 Å². The Morgan fingerprint density at radius 1 is 1.17 bits per heavy atom. The van der Waals surface area contributed by atoms with Crippen molar-refractivity contribution in [1.29, 1.82) is 0 Å². The van der Waals surface area contributed by atoms with Crippen molar-refractivity contribution >= 4 is 17.7 Å². The number of hydrogen-bond acceptors (Lipinski definition) is 4. The molecule has 1 aromatic rings. The average molecular weight is 401 g/mol. The summed E-state index contributed by atoms with van der Waals surface area (Å²) in [4.78, 5) is 38.3. The molecule has 1 saturated heterocycles. The maximum absolute atomic E-state index is 13.1. The molecule has 0 aliphatic carbocycles. The van der Waals surface area contributed by atoms with Gasteiger partial charge in [0.25, 0.3) is 5.91 Å². The minimum absolute atomic E-state index is 0.0914. The number of carbonyl (C=O) groups is 3. The number of imide groups is 1. The van der Waals surface area contributed by atoms with Gasteiger partial charge in [0.15, 0.2) is 0 Å². The molecule has 158 valence electrons. The summed E-state index contributed by atoms with van der Waals surface area (Å²) in [7, 11) is 0. The SMILES string of the molecule is CC(C)CCOC(C)CCCc1cccc2c1C(=O)N(C1CCC(=O)NC1=O)C2. The maximum atomic E-state index is 13.1. The van der Waals surface area contributed by atoms with Gasteiger partial charge in [-0.1, -0.05) is 32.0 Å². The van der Waals surface area contributed by atoms with E-state index in [0.717, 1.165) is 49.0 Å². The van der Waals surface area contributed by atoms with Crippen LogP contribution >= 0.6 is 0 Å². The first-order valence-electron chi connectivity index (χ1n) is 10.7. The molecule has 1 fully saturated rings. The first kappa shape index (κ1) is 21.5. The Morgan fingerprint density at radius 2 is 1.97 bits per heavy atom. The van der Waals surface area contributed by atoms with E-state index in [2.05, 4.69) is 26.1 Å². The van der Waals surface area contributed by atoms with Crippen LogP contribution < -0.4 is 5.32 Å². The van der Waals surface area contributed by atoms with Gasteiger partial charge in [0.05, 0.1) is 6.10 Å². The highest BCUT2D eigenvalue weighted by molar-refractivity contribution is 6.05. The highest BCUT2D eigenvalue weighted by Gasteiger charge is 2.39. The van der Waals surface area contributed by atoms with Crippen molar-refractivity contribution in [2.45, 2.75) is 78.0 Å². The van der Waals surface area contributed by atoms with Crippen molar-refractivity contribution in [1.82, 2.24) is 10.2 Å². The normalized spacial score (nSPS) is 20.2. The lowest BCUT2D eigenvalue weighted by Crippen LogP contribution is -2.52. The van der Waals surface area contributed by atoms with Crippen LogP contribution in [0, 0.1) is 5.92 Å². The monoisotopic (exact) mass is 400 g/mol. The molecular weight excluding hydrogens is 368 g/mol. The summed E-state index contributed by atoms with van der Waals surface area (Å²) in [6.45, 7) is 7.71. The van der Waals surface area contributed by atoms with Crippen molar-refractivity contribution in [3.63, 3.8) is 0 Å². The first-order valence-corrected chi connectivity index (χ1v) is 10.7. The smallest absolute Gasteiger partial charge is 0.255 e. The Kier molecular flexibility index (Phi) is 7.06. The molecule has 6 heteroatoms. The minimum Gasteiger partial charge on any atom is -0.378 e. The fourth-order valence-corrected chi connectivity index (χ4v) is 4.07. The second kappa shape index (κ2) is 9.53. The summed E-state index contributed by atoms with van der Waals surface area (Å²) in [5.74, 6) is -0.0732. The van der Waals surface area contributed by atoms with E-state index in [1.165, 1.54) is 0 Å². The molecule has 0 saturated carbocycles. The van der Waals surface area contributed by atoms with E-state index in [1.54, 1.807) is 4.90 Å². The third kappa shape index (κ3) is 5.24. The molecular formula is C23H32N2O4. The van der Waals surface area contributed by atoms with Crippen LogP contribution in [0.5, 0.6) is 0 Å². The van der Waals surface area contributed by atoms with E-state index in [9.17, 15) is 14.4 Å². The number of nitrogens with zero attached hydrogens (tertiary/aromatic N) is 1. The third-order valence-electron chi connectivity index (χ3n) is 5.79. The van der Waals surface area contributed by atoms with Crippen LogP contribution in [0.2, 0.25) is 0 Å². The van der Waals surface area contributed by atoms with Crippen molar-refractivity contribution in [3.8, 4) is 0 Å². The maximum Gasteiger partial charge on any atom is 0.255 e. The molecule has 1 aromatic carbocycles. The van der Waals surface area contributed by atoms with E-state index < -0.39 is 6.04 Å². The fraction of sp³-hybridized carbons (Fsp3) is 0.609. The molecule has 29 heavy (non-hydrogen) atoms. The molecule has 1 N–H and O–H groups in total. The lowest BCUT2D eigenvalue weighted by molar-refractivity contribution is -0.136. The standard InChI is InChI=1S/C23H32N2O4/c1-15(2)12-13-29-16(3)6-4-7-17-8-5-9-18-14-25(23(28)21(17)18)19-10-11-20(26)24-22(19)27/h5,8-9,15-16,19H,4,6-7,10-14H2,1-3H3,(H,24,26,27). The quantitative estimate of drug-likeness (QED) is 0.646. The van der Waals surface area contributed by atoms with E-state index in [0.29, 0.717) is 18.9 Å². The highest BCUT2D eigenvalue weighted by Crippen LogP contribution is 2.30. The van der Waals surface area contributed by atoms with Gasteiger partial charge in [0, 0.05) is 25.1 Å². The van der Waals surface area contributed by atoms with E-state index in [1.807, 2.05) is 18.2 Å². The van der Waals surface area contributed by atoms with Crippen LogP contribution in [-0.4, -0.2) is 41.4 Å². The number of nitrogens with one attached hydrogen (secondary N) is 1. The Morgan fingerprint density at radius 3 is 2.69 bits per heavy atom. The molecule has 2 atom stereocenters. The Bertz CT molecular complexity index is 774. The zero-order valence-corrected chi connectivity index (χ0v) is 17.7. The Hall–Kier alpha value is -2.21. The highest BCUT2D eigenvalue weighted by atomic mass is 16.5. The second-order valence-electron chi connectivity index (χ2n) is 8.61. The van der Waals surface area contributed by atoms with Crippen LogP contribution in [0.15, 0.2) is 18.2 Å². The largest absolute Gasteiger partial charge is 0.378 e. The molecule has 2 unspecified atom stereocenters. The van der Waals surface area contributed by atoms with Gasteiger partial charge in [-0.2, -0.15) is 0 Å². The van der Waals surface area contributed by atoms with Crippen molar-refractivity contribution in [2.24, 2.45) is 5.92 Å². The molecule has 2 aliphatic heterocycles. The Balaban J connectivity index is 1.58. The molecule has 2 heterocycles. The number of piperidine rings is 1. The predicted octanol–water partition coefficient (Wildman–Crippen LogP) is 3.22.